The standard InChI is InChI=1S/C21H20ClN3OS/c1-14-12-15(2)24-21(23-14)27-13-19(26)25-20(16-6-4-3-5-7-16)17-8-10-18(22)11-9-17/h3-12,20H,13H2,1-2H3,(H,25,26). The third-order valence-corrected chi connectivity index (χ3v) is 5.03. The number of thioether (sulfide) groups is 1. The second-order valence-corrected chi connectivity index (χ2v) is 7.56. The number of carbonyl (C=O) groups excluding carboxylic acids is 1. The third-order valence-electron chi connectivity index (χ3n) is 3.94. The average Bonchev–Trinajstić information content (AvgIpc) is 2.65. The molecule has 0 saturated carbocycles. The lowest BCUT2D eigenvalue weighted by molar-refractivity contribution is -0.119. The van der Waals surface area contributed by atoms with E-state index in [9.17, 15) is 4.79 Å². The number of aromatic nitrogens is 2. The second kappa shape index (κ2) is 9.02. The number of benzene rings is 2. The first-order valence-electron chi connectivity index (χ1n) is 8.56. The van der Waals surface area contributed by atoms with E-state index in [0.29, 0.717) is 10.2 Å². The molecule has 0 radical (unpaired) electrons. The van der Waals surface area contributed by atoms with Crippen LogP contribution in [0, 0.1) is 13.8 Å². The van der Waals surface area contributed by atoms with Crippen LogP contribution in [0.25, 0.3) is 0 Å². The summed E-state index contributed by atoms with van der Waals surface area (Å²) in [6.45, 7) is 3.84. The maximum Gasteiger partial charge on any atom is 0.231 e. The van der Waals surface area contributed by atoms with Gasteiger partial charge in [-0.2, -0.15) is 0 Å². The lowest BCUT2D eigenvalue weighted by Gasteiger charge is -2.20. The third kappa shape index (κ3) is 5.55. The van der Waals surface area contributed by atoms with Crippen molar-refractivity contribution in [2.75, 3.05) is 5.75 Å². The first-order valence-corrected chi connectivity index (χ1v) is 9.92. The number of nitrogens with one attached hydrogen (secondary N) is 1. The van der Waals surface area contributed by atoms with Gasteiger partial charge in [-0.25, -0.2) is 9.97 Å². The Morgan fingerprint density at radius 3 is 2.22 bits per heavy atom. The molecule has 3 aromatic rings. The summed E-state index contributed by atoms with van der Waals surface area (Å²) in [5.74, 6) is 0.173. The number of carbonyl (C=O) groups is 1. The number of halogens is 1. The van der Waals surface area contributed by atoms with Crippen molar-refractivity contribution < 1.29 is 4.79 Å². The molecule has 0 aliphatic carbocycles. The molecule has 4 nitrogen and oxygen atoms in total. The molecule has 1 aromatic heterocycles. The van der Waals surface area contributed by atoms with Crippen LogP contribution in [0.15, 0.2) is 65.8 Å². The first-order chi connectivity index (χ1) is 13.0. The minimum Gasteiger partial charge on any atom is -0.344 e. The van der Waals surface area contributed by atoms with Crippen LogP contribution in [0.4, 0.5) is 0 Å². The number of hydrogen-bond acceptors (Lipinski definition) is 4. The molecule has 1 N–H and O–H groups in total. The Bertz CT molecular complexity index is 896. The van der Waals surface area contributed by atoms with Gasteiger partial charge >= 0.3 is 0 Å². The summed E-state index contributed by atoms with van der Waals surface area (Å²) in [6, 6.07) is 19.1. The van der Waals surface area contributed by atoms with E-state index in [0.717, 1.165) is 22.5 Å². The summed E-state index contributed by atoms with van der Waals surface area (Å²) < 4.78 is 0. The Morgan fingerprint density at radius 1 is 1.00 bits per heavy atom. The fraction of sp³-hybridized carbons (Fsp3) is 0.190. The lowest BCUT2D eigenvalue weighted by atomic mass is 9.99. The zero-order valence-electron chi connectivity index (χ0n) is 15.1. The van der Waals surface area contributed by atoms with Gasteiger partial charge in [0.2, 0.25) is 5.91 Å². The fourth-order valence-electron chi connectivity index (χ4n) is 2.75. The van der Waals surface area contributed by atoms with E-state index >= 15 is 0 Å². The van der Waals surface area contributed by atoms with Crippen molar-refractivity contribution in [1.82, 2.24) is 15.3 Å². The van der Waals surface area contributed by atoms with Gasteiger partial charge in [-0.05, 0) is 43.2 Å². The monoisotopic (exact) mass is 397 g/mol. The quantitative estimate of drug-likeness (QED) is 0.482. The molecule has 3 rings (SSSR count). The number of amides is 1. The highest BCUT2D eigenvalue weighted by molar-refractivity contribution is 7.99. The van der Waals surface area contributed by atoms with Gasteiger partial charge in [0.15, 0.2) is 5.16 Å². The van der Waals surface area contributed by atoms with Gasteiger partial charge in [-0.1, -0.05) is 65.8 Å². The van der Waals surface area contributed by atoms with Crippen LogP contribution in [0.5, 0.6) is 0 Å². The van der Waals surface area contributed by atoms with E-state index < -0.39 is 0 Å². The SMILES string of the molecule is Cc1cc(C)nc(SCC(=O)NC(c2ccccc2)c2ccc(Cl)cc2)n1. The molecule has 2 aromatic carbocycles. The maximum absolute atomic E-state index is 12.6. The highest BCUT2D eigenvalue weighted by Gasteiger charge is 2.17. The van der Waals surface area contributed by atoms with Crippen molar-refractivity contribution in [2.45, 2.75) is 25.0 Å². The Hall–Kier alpha value is -2.37. The normalized spacial score (nSPS) is 11.8. The molecule has 1 unspecified atom stereocenters. The van der Waals surface area contributed by atoms with E-state index in [1.807, 2.05) is 74.5 Å². The molecule has 1 amide bonds. The molecule has 0 fully saturated rings. The summed E-state index contributed by atoms with van der Waals surface area (Å²) in [5.41, 5.74) is 3.79. The Balaban J connectivity index is 1.73. The largest absolute Gasteiger partial charge is 0.344 e. The smallest absolute Gasteiger partial charge is 0.231 e. The molecular weight excluding hydrogens is 378 g/mol. The Labute approximate surface area is 168 Å². The molecule has 0 bridgehead atoms. The molecular formula is C21H20ClN3OS. The van der Waals surface area contributed by atoms with Crippen LogP contribution in [-0.4, -0.2) is 21.6 Å². The number of nitrogens with zero attached hydrogens (tertiary/aromatic N) is 2. The molecule has 0 aliphatic rings. The first kappa shape index (κ1) is 19.4. The molecule has 0 saturated heterocycles. The minimum atomic E-state index is -0.239. The maximum atomic E-state index is 12.6. The van der Waals surface area contributed by atoms with Crippen molar-refractivity contribution >= 4 is 29.3 Å². The number of rotatable bonds is 6. The lowest BCUT2D eigenvalue weighted by Crippen LogP contribution is -2.30. The van der Waals surface area contributed by atoms with Crippen LogP contribution in [0.3, 0.4) is 0 Å². The molecule has 0 aliphatic heterocycles. The molecule has 1 heterocycles. The van der Waals surface area contributed by atoms with Crippen LogP contribution >= 0.6 is 23.4 Å². The number of aryl methyl sites for hydroxylation is 2. The van der Waals surface area contributed by atoms with Crippen molar-refractivity contribution in [3.63, 3.8) is 0 Å². The fourth-order valence-corrected chi connectivity index (χ4v) is 3.64. The molecule has 6 heteroatoms. The van der Waals surface area contributed by atoms with Gasteiger partial charge < -0.3 is 5.32 Å². The van der Waals surface area contributed by atoms with E-state index in [-0.39, 0.29) is 17.7 Å². The summed E-state index contributed by atoms with van der Waals surface area (Å²) >= 11 is 7.34. The van der Waals surface area contributed by atoms with Crippen LogP contribution in [-0.2, 0) is 4.79 Å². The zero-order valence-corrected chi connectivity index (χ0v) is 16.7. The molecule has 138 valence electrons. The summed E-state index contributed by atoms with van der Waals surface area (Å²) in [7, 11) is 0. The number of hydrogen-bond donors (Lipinski definition) is 1. The van der Waals surface area contributed by atoms with Gasteiger partial charge in [0.1, 0.15) is 0 Å². The van der Waals surface area contributed by atoms with Crippen molar-refractivity contribution in [2.24, 2.45) is 0 Å². The predicted octanol–water partition coefficient (Wildman–Crippen LogP) is 4.74. The summed E-state index contributed by atoms with van der Waals surface area (Å²) in [6.07, 6.45) is 0. The van der Waals surface area contributed by atoms with Gasteiger partial charge in [0, 0.05) is 16.4 Å². The van der Waals surface area contributed by atoms with E-state index in [4.69, 9.17) is 11.6 Å². The Kier molecular flexibility index (Phi) is 6.48. The highest BCUT2D eigenvalue weighted by Crippen LogP contribution is 2.24. The van der Waals surface area contributed by atoms with E-state index in [2.05, 4.69) is 15.3 Å². The van der Waals surface area contributed by atoms with Crippen molar-refractivity contribution in [3.8, 4) is 0 Å². The van der Waals surface area contributed by atoms with Gasteiger partial charge in [-0.3, -0.25) is 4.79 Å². The average molecular weight is 398 g/mol. The zero-order chi connectivity index (χ0) is 19.2. The van der Waals surface area contributed by atoms with Crippen molar-refractivity contribution in [1.29, 1.82) is 0 Å². The van der Waals surface area contributed by atoms with Gasteiger partial charge in [0.25, 0.3) is 0 Å². The molecule has 0 spiro atoms. The molecule has 27 heavy (non-hydrogen) atoms. The molecule has 1 atom stereocenters. The Morgan fingerprint density at radius 2 is 1.59 bits per heavy atom. The minimum absolute atomic E-state index is 0.0773. The van der Waals surface area contributed by atoms with E-state index in [1.165, 1.54) is 11.8 Å². The van der Waals surface area contributed by atoms with Gasteiger partial charge in [0.05, 0.1) is 11.8 Å². The highest BCUT2D eigenvalue weighted by atomic mass is 35.5. The van der Waals surface area contributed by atoms with Crippen LogP contribution in [0.1, 0.15) is 28.6 Å². The van der Waals surface area contributed by atoms with Crippen LogP contribution in [0.2, 0.25) is 5.02 Å². The van der Waals surface area contributed by atoms with Crippen LogP contribution < -0.4 is 5.32 Å². The summed E-state index contributed by atoms with van der Waals surface area (Å²) in [5, 5.41) is 4.39. The second-order valence-electron chi connectivity index (χ2n) is 6.18. The van der Waals surface area contributed by atoms with Gasteiger partial charge in [-0.15, -0.1) is 0 Å². The predicted molar refractivity (Wildman–Crippen MR) is 110 cm³/mol. The summed E-state index contributed by atoms with van der Waals surface area (Å²) in [4.78, 5) is 21.3. The van der Waals surface area contributed by atoms with E-state index in [1.54, 1.807) is 0 Å². The van der Waals surface area contributed by atoms with Crippen molar-refractivity contribution in [3.05, 3.63) is 88.2 Å². The topological polar surface area (TPSA) is 54.9 Å².